The molecule has 0 aliphatic carbocycles. The Balaban J connectivity index is 2.38. The number of phenols is 1. The van der Waals surface area contributed by atoms with Crippen molar-refractivity contribution in [3.8, 4) is 11.5 Å². The van der Waals surface area contributed by atoms with Gasteiger partial charge in [0.25, 0.3) is 0 Å². The molecule has 2 rings (SSSR count). The van der Waals surface area contributed by atoms with Crippen molar-refractivity contribution < 1.29 is 24.9 Å². The predicted octanol–water partition coefficient (Wildman–Crippen LogP) is 3.98. The van der Waals surface area contributed by atoms with Gasteiger partial charge in [0.05, 0.1) is 6.10 Å². The number of aromatic hydroxyl groups is 1. The Morgan fingerprint density at radius 2 is 1.96 bits per heavy atom. The van der Waals surface area contributed by atoms with Gasteiger partial charge >= 0.3 is 5.97 Å². The van der Waals surface area contributed by atoms with Crippen molar-refractivity contribution in [1.29, 1.82) is 0 Å². The minimum atomic E-state index is -0.941. The number of aliphatic hydroxyl groups excluding tert-OH is 1. The Hall–Kier alpha value is -2.27. The molecule has 26 heavy (non-hydrogen) atoms. The van der Waals surface area contributed by atoms with E-state index in [-0.39, 0.29) is 5.75 Å². The summed E-state index contributed by atoms with van der Waals surface area (Å²) in [6.07, 6.45) is 5.65. The van der Waals surface area contributed by atoms with Crippen LogP contribution in [0, 0.1) is 0 Å². The number of hydrogen-bond donors (Lipinski definition) is 3. The number of benzene rings is 1. The SMILES string of the molecule is C/C1=C\CC/C(C(=O)O)=C/Cc2cc(ccc2O)OC(C)(C)[C@@H](O)CC1. The van der Waals surface area contributed by atoms with Crippen LogP contribution in [0.4, 0.5) is 0 Å². The lowest BCUT2D eigenvalue weighted by molar-refractivity contribution is -0.132. The van der Waals surface area contributed by atoms with E-state index in [1.165, 1.54) is 6.07 Å². The minimum Gasteiger partial charge on any atom is -0.508 e. The van der Waals surface area contributed by atoms with Crippen molar-refractivity contribution in [2.45, 2.75) is 64.6 Å². The maximum atomic E-state index is 11.5. The van der Waals surface area contributed by atoms with E-state index in [0.717, 1.165) is 12.0 Å². The van der Waals surface area contributed by atoms with Crippen LogP contribution in [-0.2, 0) is 11.2 Å². The van der Waals surface area contributed by atoms with Gasteiger partial charge in [-0.05, 0) is 71.1 Å². The van der Waals surface area contributed by atoms with Crippen LogP contribution in [0.3, 0.4) is 0 Å². The Bertz CT molecular complexity index is 715. The van der Waals surface area contributed by atoms with E-state index < -0.39 is 17.7 Å². The molecule has 0 fully saturated rings. The number of hydrogen-bond acceptors (Lipinski definition) is 4. The number of aliphatic hydroxyl groups is 1. The van der Waals surface area contributed by atoms with Gasteiger partial charge in [0.1, 0.15) is 17.1 Å². The second-order valence-electron chi connectivity index (χ2n) is 7.38. The van der Waals surface area contributed by atoms with Crippen molar-refractivity contribution in [3.05, 3.63) is 47.1 Å². The van der Waals surface area contributed by atoms with Crippen LogP contribution in [0.2, 0.25) is 0 Å². The number of aliphatic carboxylic acids is 1. The van der Waals surface area contributed by atoms with Crippen molar-refractivity contribution in [2.24, 2.45) is 0 Å². The monoisotopic (exact) mass is 360 g/mol. The summed E-state index contributed by atoms with van der Waals surface area (Å²) in [6.45, 7) is 5.66. The molecule has 1 aliphatic heterocycles. The summed E-state index contributed by atoms with van der Waals surface area (Å²) in [6, 6.07) is 4.88. The Labute approximate surface area is 154 Å². The second-order valence-corrected chi connectivity index (χ2v) is 7.38. The van der Waals surface area contributed by atoms with E-state index in [0.29, 0.717) is 42.6 Å². The molecular weight excluding hydrogens is 332 g/mol. The molecule has 2 bridgehead atoms. The van der Waals surface area contributed by atoms with Crippen molar-refractivity contribution in [2.75, 3.05) is 0 Å². The molecule has 0 amide bonds. The van der Waals surface area contributed by atoms with Gasteiger partial charge in [-0.15, -0.1) is 0 Å². The molecule has 3 N–H and O–H groups in total. The summed E-state index contributed by atoms with van der Waals surface area (Å²) in [5.74, 6) is -0.310. The predicted molar refractivity (Wildman–Crippen MR) is 100 cm³/mol. The van der Waals surface area contributed by atoms with Gasteiger partial charge in [0.2, 0.25) is 0 Å². The molecule has 1 aromatic rings. The lowest BCUT2D eigenvalue weighted by atomic mass is 9.95. The molecule has 0 saturated carbocycles. The van der Waals surface area contributed by atoms with Gasteiger partial charge in [-0.3, -0.25) is 0 Å². The molecule has 1 aliphatic rings. The quantitative estimate of drug-likeness (QED) is 0.659. The van der Waals surface area contributed by atoms with Crippen LogP contribution in [0.25, 0.3) is 0 Å². The maximum absolute atomic E-state index is 11.5. The molecule has 5 nitrogen and oxygen atoms in total. The average Bonchev–Trinajstić information content (AvgIpc) is 2.56. The van der Waals surface area contributed by atoms with E-state index in [9.17, 15) is 20.1 Å². The van der Waals surface area contributed by atoms with Crippen molar-refractivity contribution in [3.63, 3.8) is 0 Å². The zero-order valence-electron chi connectivity index (χ0n) is 15.7. The highest BCUT2D eigenvalue weighted by atomic mass is 16.5. The number of ether oxygens (including phenoxy) is 1. The van der Waals surface area contributed by atoms with Gasteiger partial charge < -0.3 is 20.1 Å². The first-order chi connectivity index (χ1) is 12.2. The third-order valence-electron chi connectivity index (χ3n) is 4.80. The van der Waals surface area contributed by atoms with E-state index >= 15 is 0 Å². The standard InChI is InChI=1S/C21H28O5/c1-14-5-4-6-15(20(24)25)8-9-16-13-17(10-11-18(16)22)26-21(2,3)19(23)12-7-14/h5,8,10-11,13,19,22-23H,4,6-7,9,12H2,1-3H3,(H,24,25)/b14-5+,15-8-/t19-/m0/s1. The fraction of sp³-hybridized carbons (Fsp3) is 0.476. The molecule has 0 radical (unpaired) electrons. The Morgan fingerprint density at radius 1 is 1.23 bits per heavy atom. The van der Waals surface area contributed by atoms with E-state index in [2.05, 4.69) is 0 Å². The average molecular weight is 360 g/mol. The normalized spacial score (nSPS) is 25.5. The highest BCUT2D eigenvalue weighted by Gasteiger charge is 2.30. The Kier molecular flexibility index (Phi) is 6.48. The number of fused-ring (bicyclic) bond motifs is 2. The molecular formula is C21H28O5. The largest absolute Gasteiger partial charge is 0.508 e. The highest BCUT2D eigenvalue weighted by Crippen LogP contribution is 2.29. The number of carbonyl (C=O) groups is 1. The van der Waals surface area contributed by atoms with Gasteiger partial charge in [0, 0.05) is 11.1 Å². The van der Waals surface area contributed by atoms with Crippen LogP contribution in [0.5, 0.6) is 11.5 Å². The molecule has 0 unspecified atom stereocenters. The molecule has 1 heterocycles. The van der Waals surface area contributed by atoms with Crippen LogP contribution in [0.15, 0.2) is 41.5 Å². The zero-order valence-corrected chi connectivity index (χ0v) is 15.7. The summed E-state index contributed by atoms with van der Waals surface area (Å²) in [4.78, 5) is 11.5. The van der Waals surface area contributed by atoms with Gasteiger partial charge in [-0.25, -0.2) is 4.79 Å². The van der Waals surface area contributed by atoms with E-state index in [4.69, 9.17) is 4.74 Å². The first-order valence-electron chi connectivity index (χ1n) is 8.96. The van der Waals surface area contributed by atoms with Crippen LogP contribution < -0.4 is 4.74 Å². The van der Waals surface area contributed by atoms with Gasteiger partial charge in [0.15, 0.2) is 0 Å². The second kappa shape index (κ2) is 8.41. The Morgan fingerprint density at radius 3 is 2.65 bits per heavy atom. The fourth-order valence-corrected chi connectivity index (χ4v) is 2.98. The highest BCUT2D eigenvalue weighted by molar-refractivity contribution is 5.86. The molecule has 0 aromatic heterocycles. The number of rotatable bonds is 1. The topological polar surface area (TPSA) is 87.0 Å². The van der Waals surface area contributed by atoms with E-state index in [1.807, 2.05) is 26.8 Å². The van der Waals surface area contributed by atoms with Crippen LogP contribution in [0.1, 0.15) is 52.0 Å². The molecule has 0 saturated heterocycles. The number of carboxylic acids is 1. The first-order valence-corrected chi connectivity index (χ1v) is 8.96. The smallest absolute Gasteiger partial charge is 0.331 e. The molecule has 1 aromatic carbocycles. The first kappa shape index (κ1) is 20.0. The number of allylic oxidation sites excluding steroid dienone is 3. The van der Waals surface area contributed by atoms with Gasteiger partial charge in [-0.2, -0.15) is 0 Å². The van der Waals surface area contributed by atoms with Crippen molar-refractivity contribution >= 4 is 5.97 Å². The summed E-state index contributed by atoms with van der Waals surface area (Å²) in [5.41, 5.74) is 1.26. The third kappa shape index (κ3) is 5.36. The molecule has 0 spiro atoms. The summed E-state index contributed by atoms with van der Waals surface area (Å²) in [7, 11) is 0. The van der Waals surface area contributed by atoms with Gasteiger partial charge in [-0.1, -0.05) is 17.7 Å². The fourth-order valence-electron chi connectivity index (χ4n) is 2.98. The lowest BCUT2D eigenvalue weighted by Crippen LogP contribution is -2.42. The summed E-state index contributed by atoms with van der Waals surface area (Å²) < 4.78 is 5.98. The maximum Gasteiger partial charge on any atom is 0.331 e. The number of carboxylic acid groups (broad SMARTS) is 1. The van der Waals surface area contributed by atoms with Crippen LogP contribution in [-0.4, -0.2) is 33.0 Å². The molecule has 5 heteroatoms. The summed E-state index contributed by atoms with van der Waals surface area (Å²) >= 11 is 0. The number of phenolic OH excluding ortho intramolecular Hbond substituents is 1. The zero-order chi connectivity index (χ0) is 19.3. The van der Waals surface area contributed by atoms with Crippen LogP contribution >= 0.6 is 0 Å². The van der Waals surface area contributed by atoms with Crippen molar-refractivity contribution in [1.82, 2.24) is 0 Å². The summed E-state index contributed by atoms with van der Waals surface area (Å²) in [5, 5.41) is 30.0. The molecule has 1 atom stereocenters. The lowest BCUT2D eigenvalue weighted by Gasteiger charge is -2.32. The third-order valence-corrected chi connectivity index (χ3v) is 4.80. The molecule has 142 valence electrons. The minimum absolute atomic E-state index is 0.0942. The van der Waals surface area contributed by atoms with E-state index in [1.54, 1.807) is 18.2 Å².